The lowest BCUT2D eigenvalue weighted by molar-refractivity contribution is -0.136. The van der Waals surface area contributed by atoms with E-state index in [-0.39, 0.29) is 12.3 Å². The lowest BCUT2D eigenvalue weighted by Gasteiger charge is -2.36. The average Bonchev–Trinajstić information content (AvgIpc) is 3.28. The Morgan fingerprint density at radius 3 is 2.68 bits per heavy atom. The van der Waals surface area contributed by atoms with Crippen molar-refractivity contribution in [2.75, 3.05) is 14.2 Å². The van der Waals surface area contributed by atoms with E-state index in [4.69, 9.17) is 14.5 Å². The number of hydrogen-bond acceptors (Lipinski definition) is 8. The molecule has 1 aromatic carbocycles. The number of amidine groups is 1. The number of esters is 1. The number of nitrogens with one attached hydrogen (secondary N) is 1. The minimum Gasteiger partial charge on any atom is -0.497 e. The summed E-state index contributed by atoms with van der Waals surface area (Å²) in [5.74, 6) is 0.112. The molecule has 3 heterocycles. The van der Waals surface area contributed by atoms with Gasteiger partial charge in [0.1, 0.15) is 5.75 Å². The van der Waals surface area contributed by atoms with Crippen molar-refractivity contribution >= 4 is 28.8 Å². The number of methoxy groups -OCH3 is 2. The largest absolute Gasteiger partial charge is 0.497 e. The molecule has 176 valence electrons. The van der Waals surface area contributed by atoms with Gasteiger partial charge in [0, 0.05) is 24.6 Å². The zero-order valence-corrected chi connectivity index (χ0v) is 20.1. The first-order valence-electron chi connectivity index (χ1n) is 10.9. The van der Waals surface area contributed by atoms with Crippen molar-refractivity contribution in [2.24, 2.45) is 4.99 Å². The summed E-state index contributed by atoms with van der Waals surface area (Å²) in [5, 5.41) is 5.61. The van der Waals surface area contributed by atoms with Gasteiger partial charge in [-0.05, 0) is 47.2 Å². The van der Waals surface area contributed by atoms with Crippen LogP contribution < -0.4 is 10.1 Å². The third kappa shape index (κ3) is 4.84. The van der Waals surface area contributed by atoms with E-state index >= 15 is 0 Å². The second-order valence-corrected chi connectivity index (χ2v) is 8.52. The molecular weight excluding hydrogens is 452 g/mol. The molecule has 0 spiro atoms. The van der Waals surface area contributed by atoms with E-state index in [1.807, 2.05) is 53.6 Å². The maximum absolute atomic E-state index is 12.9. The summed E-state index contributed by atoms with van der Waals surface area (Å²) in [7, 11) is 2.97. The van der Waals surface area contributed by atoms with Crippen molar-refractivity contribution in [3.8, 4) is 5.75 Å². The fourth-order valence-corrected chi connectivity index (χ4v) is 4.91. The van der Waals surface area contributed by atoms with E-state index in [9.17, 15) is 9.59 Å². The number of rotatable bonds is 8. The van der Waals surface area contributed by atoms with Crippen LogP contribution in [0.15, 0.2) is 76.2 Å². The lowest BCUT2D eigenvalue weighted by Crippen LogP contribution is -2.38. The molecule has 0 fully saturated rings. The summed E-state index contributed by atoms with van der Waals surface area (Å²) in [6.07, 6.45) is 4.11. The third-order valence-electron chi connectivity index (χ3n) is 5.62. The average molecular weight is 479 g/mol. The molecule has 1 N–H and O–H groups in total. The van der Waals surface area contributed by atoms with E-state index in [0.29, 0.717) is 30.0 Å². The highest BCUT2D eigenvalue weighted by molar-refractivity contribution is 8.16. The molecule has 9 heteroatoms. The number of aliphatic imine (C=N–C) groups is 1. The van der Waals surface area contributed by atoms with Crippen molar-refractivity contribution < 1.29 is 19.1 Å². The highest BCUT2D eigenvalue weighted by Crippen LogP contribution is 2.45. The fourth-order valence-electron chi connectivity index (χ4n) is 3.97. The molecule has 2 aromatic rings. The Kier molecular flexibility index (Phi) is 7.32. The van der Waals surface area contributed by atoms with Crippen LogP contribution in [-0.4, -0.2) is 41.1 Å². The van der Waals surface area contributed by atoms with Gasteiger partial charge in [-0.25, -0.2) is 9.79 Å². The van der Waals surface area contributed by atoms with Crippen molar-refractivity contribution in [3.05, 3.63) is 82.3 Å². The summed E-state index contributed by atoms with van der Waals surface area (Å²) >= 11 is 1.45. The van der Waals surface area contributed by atoms with Gasteiger partial charge in [-0.15, -0.1) is 0 Å². The lowest BCUT2D eigenvalue weighted by atomic mass is 9.92. The SMILES string of the molecule is CCC1=C(C(=O)OC)[C@H](c2cccc(OC)c2)N2C(CC(=O)NCc3ccncc3)=CSC2=N1. The number of carbonyl (C=O) groups excluding carboxylic acids is 2. The number of hydrogen-bond donors (Lipinski definition) is 1. The Labute approximate surface area is 202 Å². The number of benzene rings is 1. The normalized spacial score (nSPS) is 17.0. The Hall–Kier alpha value is -3.59. The van der Waals surface area contributed by atoms with Crippen molar-refractivity contribution in [3.63, 3.8) is 0 Å². The van der Waals surface area contributed by atoms with Crippen molar-refractivity contribution in [2.45, 2.75) is 32.4 Å². The van der Waals surface area contributed by atoms with Crippen LogP contribution in [0.4, 0.5) is 0 Å². The molecular formula is C25H26N4O4S. The van der Waals surface area contributed by atoms with Crippen LogP contribution in [0.5, 0.6) is 5.75 Å². The van der Waals surface area contributed by atoms with Gasteiger partial charge in [-0.2, -0.15) is 0 Å². The summed E-state index contributed by atoms with van der Waals surface area (Å²) < 4.78 is 10.6. The Bertz CT molecular complexity index is 1180. The maximum atomic E-state index is 12.9. The molecule has 1 amide bonds. The predicted octanol–water partition coefficient (Wildman–Crippen LogP) is 3.93. The molecule has 2 aliphatic rings. The Balaban J connectivity index is 1.65. The van der Waals surface area contributed by atoms with Gasteiger partial charge >= 0.3 is 5.97 Å². The van der Waals surface area contributed by atoms with Crippen molar-refractivity contribution in [1.82, 2.24) is 15.2 Å². The van der Waals surface area contributed by atoms with Crippen LogP contribution in [0.3, 0.4) is 0 Å². The van der Waals surface area contributed by atoms with Gasteiger partial charge < -0.3 is 19.7 Å². The van der Waals surface area contributed by atoms with Crippen LogP contribution in [0.2, 0.25) is 0 Å². The molecule has 0 unspecified atom stereocenters. The van der Waals surface area contributed by atoms with Gasteiger partial charge in [-0.1, -0.05) is 30.8 Å². The van der Waals surface area contributed by atoms with Gasteiger partial charge in [0.05, 0.1) is 38.0 Å². The number of nitrogens with zero attached hydrogens (tertiary/aromatic N) is 3. The monoisotopic (exact) mass is 478 g/mol. The van der Waals surface area contributed by atoms with E-state index in [2.05, 4.69) is 10.3 Å². The minimum atomic E-state index is -0.487. The first-order chi connectivity index (χ1) is 16.5. The third-order valence-corrected chi connectivity index (χ3v) is 6.51. The van der Waals surface area contributed by atoms with Crippen LogP contribution in [0.25, 0.3) is 0 Å². The van der Waals surface area contributed by atoms with Crippen LogP contribution in [-0.2, 0) is 20.9 Å². The Morgan fingerprint density at radius 2 is 1.97 bits per heavy atom. The molecule has 0 aliphatic carbocycles. The fraction of sp³-hybridized carbons (Fsp3) is 0.280. The minimum absolute atomic E-state index is 0.126. The first kappa shape index (κ1) is 23.6. The van der Waals surface area contributed by atoms with E-state index < -0.39 is 12.0 Å². The number of thioether (sulfide) groups is 1. The maximum Gasteiger partial charge on any atom is 0.338 e. The van der Waals surface area contributed by atoms with Crippen LogP contribution in [0, 0.1) is 0 Å². The molecule has 34 heavy (non-hydrogen) atoms. The van der Waals surface area contributed by atoms with E-state index in [0.717, 1.165) is 22.0 Å². The summed E-state index contributed by atoms with van der Waals surface area (Å²) in [6.45, 7) is 2.37. The van der Waals surface area contributed by atoms with E-state index in [1.54, 1.807) is 19.5 Å². The zero-order valence-electron chi connectivity index (χ0n) is 19.3. The number of amides is 1. The van der Waals surface area contributed by atoms with Crippen LogP contribution >= 0.6 is 11.8 Å². The molecule has 0 saturated carbocycles. The number of ether oxygens (including phenoxy) is 2. The smallest absolute Gasteiger partial charge is 0.338 e. The van der Waals surface area contributed by atoms with Crippen LogP contribution in [0.1, 0.15) is 36.9 Å². The molecule has 1 atom stereocenters. The highest BCUT2D eigenvalue weighted by atomic mass is 32.2. The molecule has 0 saturated heterocycles. The molecule has 0 radical (unpaired) electrons. The standard InChI is InChI=1S/C25H26N4O4S/c1-4-20-22(24(31)33-3)23(17-6-5-7-19(12-17)32-2)29-18(15-34-25(29)28-20)13-21(30)27-14-16-8-10-26-11-9-16/h5-12,15,23H,4,13-14H2,1-3H3,(H,27,30)/t23-/m0/s1. The second-order valence-electron chi connectivity index (χ2n) is 7.69. The molecule has 0 bridgehead atoms. The topological polar surface area (TPSA) is 93.1 Å². The van der Waals surface area contributed by atoms with Gasteiger partial charge in [0.25, 0.3) is 0 Å². The first-order valence-corrected chi connectivity index (χ1v) is 11.8. The summed E-state index contributed by atoms with van der Waals surface area (Å²) in [4.78, 5) is 36.4. The number of fused-ring (bicyclic) bond motifs is 1. The summed E-state index contributed by atoms with van der Waals surface area (Å²) in [6, 6.07) is 10.8. The zero-order chi connectivity index (χ0) is 24.1. The number of allylic oxidation sites excluding steroid dienone is 1. The number of pyridine rings is 1. The second kappa shape index (κ2) is 10.6. The van der Waals surface area contributed by atoms with E-state index in [1.165, 1.54) is 18.9 Å². The number of aromatic nitrogens is 1. The van der Waals surface area contributed by atoms with Gasteiger partial charge in [0.15, 0.2) is 5.17 Å². The molecule has 2 aliphatic heterocycles. The molecule has 4 rings (SSSR count). The molecule has 8 nitrogen and oxygen atoms in total. The van der Waals surface area contributed by atoms with Gasteiger partial charge in [-0.3, -0.25) is 9.78 Å². The summed E-state index contributed by atoms with van der Waals surface area (Å²) in [5.41, 5.74) is 3.72. The van der Waals surface area contributed by atoms with Crippen molar-refractivity contribution in [1.29, 1.82) is 0 Å². The predicted molar refractivity (Wildman–Crippen MR) is 131 cm³/mol. The highest BCUT2D eigenvalue weighted by Gasteiger charge is 2.41. The molecule has 1 aromatic heterocycles. The number of carbonyl (C=O) groups is 2. The quantitative estimate of drug-likeness (QED) is 0.575. The van der Waals surface area contributed by atoms with Gasteiger partial charge in [0.2, 0.25) is 5.91 Å². The Morgan fingerprint density at radius 1 is 1.18 bits per heavy atom.